The molecule has 0 aliphatic rings. The van der Waals surface area contributed by atoms with Crippen LogP contribution in [-0.2, 0) is 0 Å². The van der Waals surface area contributed by atoms with Crippen molar-refractivity contribution in [3.63, 3.8) is 0 Å². The molecule has 2 aromatic heterocycles. The minimum Gasteiger partial charge on any atom is -0.247 e. The van der Waals surface area contributed by atoms with E-state index < -0.39 is 0 Å². The topological polar surface area (TPSA) is 12.9 Å². The number of thiophene rings is 1. The van der Waals surface area contributed by atoms with Gasteiger partial charge in [-0.3, -0.25) is 0 Å². The molecule has 90 valence electrons. The van der Waals surface area contributed by atoms with Crippen molar-refractivity contribution in [1.29, 1.82) is 0 Å². The molecule has 4 rings (SSSR count). The van der Waals surface area contributed by atoms with Gasteiger partial charge >= 0.3 is 0 Å². The van der Waals surface area contributed by atoms with E-state index in [0.29, 0.717) is 0 Å². The molecule has 0 radical (unpaired) electrons. The summed E-state index contributed by atoms with van der Waals surface area (Å²) in [4.78, 5) is 4.85. The van der Waals surface area contributed by atoms with Gasteiger partial charge in [-0.25, -0.2) is 4.98 Å². The van der Waals surface area contributed by atoms with Crippen molar-refractivity contribution in [3.8, 4) is 11.3 Å². The average Bonchev–Trinajstić information content (AvgIpc) is 2.97. The lowest BCUT2D eigenvalue weighted by Crippen LogP contribution is -1.86. The van der Waals surface area contributed by atoms with E-state index in [-0.39, 0.29) is 0 Å². The van der Waals surface area contributed by atoms with Crippen molar-refractivity contribution >= 4 is 32.3 Å². The van der Waals surface area contributed by atoms with Gasteiger partial charge in [-0.2, -0.15) is 0 Å². The molecule has 0 unspecified atom stereocenters. The molecule has 1 nitrogen and oxygen atoms in total. The summed E-state index contributed by atoms with van der Waals surface area (Å²) in [5, 5.41) is 4.63. The van der Waals surface area contributed by atoms with Crippen molar-refractivity contribution in [2.75, 3.05) is 0 Å². The van der Waals surface area contributed by atoms with Crippen molar-refractivity contribution in [2.24, 2.45) is 0 Å². The molecule has 0 saturated carbocycles. The number of hydrogen-bond acceptors (Lipinski definition) is 2. The molecule has 2 aromatic carbocycles. The van der Waals surface area contributed by atoms with Gasteiger partial charge in [-0.05, 0) is 17.5 Å². The van der Waals surface area contributed by atoms with E-state index in [4.69, 9.17) is 4.98 Å². The Morgan fingerprint density at radius 2 is 1.53 bits per heavy atom. The number of pyridine rings is 1. The Bertz CT molecular complexity index is 862. The van der Waals surface area contributed by atoms with Gasteiger partial charge in [0.1, 0.15) is 0 Å². The number of benzene rings is 2. The summed E-state index contributed by atoms with van der Waals surface area (Å²) >= 11 is 1.79. The Morgan fingerprint density at radius 1 is 0.737 bits per heavy atom. The van der Waals surface area contributed by atoms with E-state index in [1.807, 2.05) is 12.1 Å². The third-order valence-corrected chi connectivity index (χ3v) is 4.30. The standard InChI is InChI=1S/C17H11NS/c1-2-6-12(7-3-1)16-14-10-11-19-17(14)13-8-4-5-9-15(13)18-16/h1-11H. The van der Waals surface area contributed by atoms with Gasteiger partial charge in [0, 0.05) is 21.0 Å². The molecule has 0 spiro atoms. The Kier molecular flexibility index (Phi) is 2.35. The normalized spacial score (nSPS) is 11.2. The van der Waals surface area contributed by atoms with Gasteiger partial charge in [-0.15, -0.1) is 11.3 Å². The van der Waals surface area contributed by atoms with Crippen LogP contribution >= 0.6 is 11.3 Å². The molecule has 0 saturated heterocycles. The smallest absolute Gasteiger partial charge is 0.0796 e. The number of hydrogen-bond donors (Lipinski definition) is 0. The molecule has 0 aliphatic heterocycles. The molecular weight excluding hydrogens is 250 g/mol. The summed E-state index contributed by atoms with van der Waals surface area (Å²) in [5.41, 5.74) is 3.32. The largest absolute Gasteiger partial charge is 0.247 e. The lowest BCUT2D eigenvalue weighted by molar-refractivity contribution is 1.43. The first-order valence-electron chi connectivity index (χ1n) is 6.25. The van der Waals surface area contributed by atoms with Crippen molar-refractivity contribution < 1.29 is 0 Å². The van der Waals surface area contributed by atoms with E-state index in [2.05, 4.69) is 53.9 Å². The minimum atomic E-state index is 1.07. The number of rotatable bonds is 1. The predicted molar refractivity (Wildman–Crippen MR) is 82.6 cm³/mol. The zero-order chi connectivity index (χ0) is 12.7. The van der Waals surface area contributed by atoms with Gasteiger partial charge < -0.3 is 0 Å². The molecule has 4 aromatic rings. The molecule has 0 fully saturated rings. The summed E-state index contributed by atoms with van der Waals surface area (Å²) in [6.07, 6.45) is 0. The van der Waals surface area contributed by atoms with Crippen LogP contribution in [0.25, 0.3) is 32.2 Å². The second-order valence-electron chi connectivity index (χ2n) is 4.51. The number of para-hydroxylation sites is 1. The zero-order valence-corrected chi connectivity index (χ0v) is 11.0. The fourth-order valence-electron chi connectivity index (χ4n) is 2.46. The van der Waals surface area contributed by atoms with Crippen LogP contribution in [0.15, 0.2) is 66.0 Å². The highest BCUT2D eigenvalue weighted by molar-refractivity contribution is 7.18. The molecule has 0 N–H and O–H groups in total. The quantitative estimate of drug-likeness (QED) is 0.463. The van der Waals surface area contributed by atoms with E-state index in [1.54, 1.807) is 11.3 Å². The van der Waals surface area contributed by atoms with Crippen LogP contribution in [-0.4, -0.2) is 4.98 Å². The van der Waals surface area contributed by atoms with Crippen LogP contribution in [0.3, 0.4) is 0 Å². The highest BCUT2D eigenvalue weighted by Crippen LogP contribution is 2.35. The molecule has 2 heteroatoms. The maximum absolute atomic E-state index is 4.85. The first-order chi connectivity index (χ1) is 9.43. The summed E-state index contributed by atoms with van der Waals surface area (Å²) in [6, 6.07) is 20.9. The minimum absolute atomic E-state index is 1.07. The van der Waals surface area contributed by atoms with Crippen LogP contribution in [0, 0.1) is 0 Å². The highest BCUT2D eigenvalue weighted by atomic mass is 32.1. The first-order valence-corrected chi connectivity index (χ1v) is 7.13. The Labute approximate surface area is 115 Å². The SMILES string of the molecule is c1ccc(-c2nc3ccccc3c3sccc23)cc1. The number of fused-ring (bicyclic) bond motifs is 3. The Hall–Kier alpha value is -2.19. The lowest BCUT2D eigenvalue weighted by atomic mass is 10.1. The molecular formula is C17H11NS. The van der Waals surface area contributed by atoms with Crippen molar-refractivity contribution in [1.82, 2.24) is 4.98 Å². The van der Waals surface area contributed by atoms with Gasteiger partial charge in [-0.1, -0.05) is 48.5 Å². The van der Waals surface area contributed by atoms with Crippen LogP contribution in [0.1, 0.15) is 0 Å². The molecule has 2 heterocycles. The van der Waals surface area contributed by atoms with Crippen LogP contribution in [0.5, 0.6) is 0 Å². The third kappa shape index (κ3) is 1.65. The monoisotopic (exact) mass is 261 g/mol. The van der Waals surface area contributed by atoms with E-state index in [1.165, 1.54) is 21.0 Å². The fourth-order valence-corrected chi connectivity index (χ4v) is 3.40. The zero-order valence-electron chi connectivity index (χ0n) is 10.2. The van der Waals surface area contributed by atoms with Gasteiger partial charge in [0.25, 0.3) is 0 Å². The highest BCUT2D eigenvalue weighted by Gasteiger charge is 2.10. The maximum atomic E-state index is 4.85. The average molecular weight is 261 g/mol. The Morgan fingerprint density at radius 3 is 2.42 bits per heavy atom. The summed E-state index contributed by atoms with van der Waals surface area (Å²) in [7, 11) is 0. The van der Waals surface area contributed by atoms with Crippen molar-refractivity contribution in [3.05, 3.63) is 66.0 Å². The fraction of sp³-hybridized carbons (Fsp3) is 0. The lowest BCUT2D eigenvalue weighted by Gasteiger charge is -2.06. The van der Waals surface area contributed by atoms with E-state index in [0.717, 1.165) is 11.2 Å². The van der Waals surface area contributed by atoms with Gasteiger partial charge in [0.05, 0.1) is 11.2 Å². The van der Waals surface area contributed by atoms with Crippen molar-refractivity contribution in [2.45, 2.75) is 0 Å². The van der Waals surface area contributed by atoms with Crippen LogP contribution in [0.4, 0.5) is 0 Å². The van der Waals surface area contributed by atoms with Gasteiger partial charge in [0.2, 0.25) is 0 Å². The second-order valence-corrected chi connectivity index (χ2v) is 5.42. The predicted octanol–water partition coefficient (Wildman–Crippen LogP) is 5.12. The van der Waals surface area contributed by atoms with E-state index >= 15 is 0 Å². The third-order valence-electron chi connectivity index (χ3n) is 3.35. The number of nitrogens with zero attached hydrogens (tertiary/aromatic N) is 1. The first kappa shape index (κ1) is 10.7. The van der Waals surface area contributed by atoms with Gasteiger partial charge in [0.15, 0.2) is 0 Å². The summed E-state index contributed by atoms with van der Waals surface area (Å²) in [6.45, 7) is 0. The molecule has 0 atom stereocenters. The second kappa shape index (κ2) is 4.18. The van der Waals surface area contributed by atoms with Crippen LogP contribution < -0.4 is 0 Å². The molecule has 0 amide bonds. The molecule has 0 aliphatic carbocycles. The van der Waals surface area contributed by atoms with E-state index in [9.17, 15) is 0 Å². The molecule has 19 heavy (non-hydrogen) atoms. The maximum Gasteiger partial charge on any atom is 0.0796 e. The summed E-state index contributed by atoms with van der Waals surface area (Å²) < 4.78 is 1.32. The van der Waals surface area contributed by atoms with Crippen LogP contribution in [0.2, 0.25) is 0 Å². The number of aromatic nitrogens is 1. The Balaban J connectivity index is 2.17. The summed E-state index contributed by atoms with van der Waals surface area (Å²) in [5.74, 6) is 0. The molecule has 0 bridgehead atoms.